The Balaban J connectivity index is 2.02. The van der Waals surface area contributed by atoms with E-state index in [9.17, 15) is 18.3 Å². The zero-order valence-electron chi connectivity index (χ0n) is 16.1. The maximum absolute atomic E-state index is 12.5. The minimum absolute atomic E-state index is 0.105. The van der Waals surface area contributed by atoms with E-state index >= 15 is 0 Å². The molecule has 2 N–H and O–H groups in total. The molecule has 1 saturated heterocycles. The van der Waals surface area contributed by atoms with E-state index in [1.54, 1.807) is 24.3 Å². The van der Waals surface area contributed by atoms with E-state index in [0.717, 1.165) is 37.3 Å². The fourth-order valence-corrected chi connectivity index (χ4v) is 3.48. The number of rotatable bonds is 6. The Hall–Kier alpha value is -2.65. The summed E-state index contributed by atoms with van der Waals surface area (Å²) in [4.78, 5) is 2.21. The van der Waals surface area contributed by atoms with Crippen molar-refractivity contribution in [3.63, 3.8) is 0 Å². The van der Waals surface area contributed by atoms with Crippen molar-refractivity contribution in [2.45, 2.75) is 12.4 Å². The number of halogens is 3. The lowest BCUT2D eigenvalue weighted by Crippen LogP contribution is -2.45. The van der Waals surface area contributed by atoms with E-state index in [1.807, 2.05) is 0 Å². The van der Waals surface area contributed by atoms with Gasteiger partial charge in [-0.3, -0.25) is 4.90 Å². The summed E-state index contributed by atoms with van der Waals surface area (Å²) in [6, 6.07) is 8.98. The highest BCUT2D eigenvalue weighted by Crippen LogP contribution is 2.41. The molecular weight excluding hydrogens is 389 g/mol. The fraction of sp³-hybridized carbons (Fsp3) is 0.400. The number of phenols is 1. The smallest absolute Gasteiger partial charge is 0.502 e. The van der Waals surface area contributed by atoms with Gasteiger partial charge in [0.25, 0.3) is 0 Å². The molecule has 1 heterocycles. The first-order chi connectivity index (χ1) is 13.8. The number of nitrogens with zero attached hydrogens (tertiary/aromatic N) is 1. The predicted octanol–water partition coefficient (Wildman–Crippen LogP) is 3.30. The summed E-state index contributed by atoms with van der Waals surface area (Å²) < 4.78 is 51.9. The van der Waals surface area contributed by atoms with Crippen LogP contribution in [0.1, 0.15) is 17.2 Å². The quantitative estimate of drug-likeness (QED) is 0.759. The first kappa shape index (κ1) is 21.1. The Kier molecular flexibility index (Phi) is 6.39. The highest BCUT2D eigenvalue weighted by molar-refractivity contribution is 5.54. The van der Waals surface area contributed by atoms with Crippen LogP contribution in [0.2, 0.25) is 0 Å². The van der Waals surface area contributed by atoms with Crippen LogP contribution in [-0.2, 0) is 0 Å². The fourth-order valence-electron chi connectivity index (χ4n) is 3.48. The van der Waals surface area contributed by atoms with Crippen molar-refractivity contribution in [2.24, 2.45) is 0 Å². The van der Waals surface area contributed by atoms with Gasteiger partial charge in [0.1, 0.15) is 5.75 Å². The van der Waals surface area contributed by atoms with E-state index < -0.39 is 6.36 Å². The number of phenolic OH excluding ortho intramolecular Hbond substituents is 1. The van der Waals surface area contributed by atoms with Crippen LogP contribution in [0.3, 0.4) is 0 Å². The molecule has 1 aliphatic heterocycles. The lowest BCUT2D eigenvalue weighted by molar-refractivity contribution is -0.274. The molecule has 0 bridgehead atoms. The number of benzene rings is 2. The highest BCUT2D eigenvalue weighted by Gasteiger charge is 2.31. The van der Waals surface area contributed by atoms with Gasteiger partial charge in [0.15, 0.2) is 11.5 Å². The Bertz CT molecular complexity index is 796. The number of methoxy groups -OCH3 is 2. The van der Waals surface area contributed by atoms with Crippen LogP contribution in [0.15, 0.2) is 36.4 Å². The van der Waals surface area contributed by atoms with Gasteiger partial charge in [-0.2, -0.15) is 0 Å². The molecule has 0 spiro atoms. The van der Waals surface area contributed by atoms with E-state index in [2.05, 4.69) is 15.0 Å². The monoisotopic (exact) mass is 412 g/mol. The van der Waals surface area contributed by atoms with Gasteiger partial charge in [-0.15, -0.1) is 13.2 Å². The Morgan fingerprint density at radius 1 is 0.966 bits per heavy atom. The number of piperazine rings is 1. The summed E-state index contributed by atoms with van der Waals surface area (Å²) >= 11 is 0. The number of ether oxygens (including phenoxy) is 3. The van der Waals surface area contributed by atoms with Crippen molar-refractivity contribution in [3.05, 3.63) is 47.5 Å². The molecule has 0 radical (unpaired) electrons. The summed E-state index contributed by atoms with van der Waals surface area (Å²) in [6.07, 6.45) is -4.74. The number of hydrogen-bond acceptors (Lipinski definition) is 6. The third-order valence-corrected chi connectivity index (χ3v) is 4.76. The van der Waals surface area contributed by atoms with E-state index in [4.69, 9.17) is 9.47 Å². The molecule has 3 rings (SSSR count). The zero-order valence-corrected chi connectivity index (χ0v) is 16.1. The van der Waals surface area contributed by atoms with E-state index in [1.165, 1.54) is 26.4 Å². The van der Waals surface area contributed by atoms with Crippen molar-refractivity contribution < 1.29 is 32.5 Å². The maximum atomic E-state index is 12.5. The molecule has 9 heteroatoms. The summed E-state index contributed by atoms with van der Waals surface area (Å²) in [5, 5.41) is 13.5. The first-order valence-electron chi connectivity index (χ1n) is 9.07. The van der Waals surface area contributed by atoms with Crippen LogP contribution in [0, 0.1) is 0 Å². The summed E-state index contributed by atoms with van der Waals surface area (Å²) in [5.74, 6) is 0.140. The lowest BCUT2D eigenvalue weighted by Gasteiger charge is -2.36. The molecule has 1 fully saturated rings. The molecular formula is C20H23F3N2O4. The average Bonchev–Trinajstić information content (AvgIpc) is 2.70. The van der Waals surface area contributed by atoms with Crippen molar-refractivity contribution in [1.82, 2.24) is 10.2 Å². The molecule has 1 aliphatic rings. The molecule has 0 aliphatic carbocycles. The zero-order chi connectivity index (χ0) is 21.0. The highest BCUT2D eigenvalue weighted by atomic mass is 19.4. The molecule has 0 amide bonds. The summed E-state index contributed by atoms with van der Waals surface area (Å²) in [7, 11) is 2.89. The third kappa shape index (κ3) is 5.04. The molecule has 29 heavy (non-hydrogen) atoms. The second-order valence-electron chi connectivity index (χ2n) is 6.58. The van der Waals surface area contributed by atoms with Gasteiger partial charge in [0.05, 0.1) is 20.3 Å². The topological polar surface area (TPSA) is 63.2 Å². The molecule has 2 aromatic rings. The van der Waals surface area contributed by atoms with Crippen LogP contribution in [-0.4, -0.2) is 56.8 Å². The van der Waals surface area contributed by atoms with E-state index in [0.29, 0.717) is 0 Å². The average molecular weight is 412 g/mol. The minimum atomic E-state index is -4.74. The second-order valence-corrected chi connectivity index (χ2v) is 6.58. The van der Waals surface area contributed by atoms with Gasteiger partial charge >= 0.3 is 6.36 Å². The van der Waals surface area contributed by atoms with Gasteiger partial charge in [-0.05, 0) is 35.4 Å². The van der Waals surface area contributed by atoms with Crippen LogP contribution < -0.4 is 19.5 Å². The number of nitrogens with one attached hydrogen (secondary N) is 1. The van der Waals surface area contributed by atoms with Crippen LogP contribution in [0.4, 0.5) is 13.2 Å². The molecule has 158 valence electrons. The van der Waals surface area contributed by atoms with E-state index in [-0.39, 0.29) is 29.0 Å². The van der Waals surface area contributed by atoms with Gasteiger partial charge in [-0.25, -0.2) is 0 Å². The standard InChI is InChI=1S/C20H23F3N2O4/c1-27-16-11-14(12-17(28-2)19(16)26)18(25-9-7-24-8-10-25)13-3-5-15(6-4-13)29-20(21,22)23/h3-6,11-12,18,24,26H,7-10H2,1-2H3/t18-/m1/s1. The number of aromatic hydroxyl groups is 1. The first-order valence-corrected chi connectivity index (χ1v) is 9.07. The number of alkyl halides is 3. The predicted molar refractivity (Wildman–Crippen MR) is 101 cm³/mol. The van der Waals surface area contributed by atoms with Gasteiger partial charge < -0.3 is 24.6 Å². The lowest BCUT2D eigenvalue weighted by atomic mass is 9.95. The normalized spacial score (nSPS) is 16.3. The number of hydrogen-bond donors (Lipinski definition) is 2. The second kappa shape index (κ2) is 8.79. The third-order valence-electron chi connectivity index (χ3n) is 4.76. The molecule has 0 saturated carbocycles. The molecule has 0 aromatic heterocycles. The SMILES string of the molecule is COc1cc([C@@H](c2ccc(OC(F)(F)F)cc2)N2CCNCC2)cc(OC)c1O. The molecule has 2 aromatic carbocycles. The van der Waals surface area contributed by atoms with Crippen molar-refractivity contribution in [1.29, 1.82) is 0 Å². The van der Waals surface area contributed by atoms with Crippen molar-refractivity contribution >= 4 is 0 Å². The minimum Gasteiger partial charge on any atom is -0.502 e. The van der Waals surface area contributed by atoms with Crippen LogP contribution in [0.5, 0.6) is 23.0 Å². The van der Waals surface area contributed by atoms with Crippen molar-refractivity contribution in [2.75, 3.05) is 40.4 Å². The largest absolute Gasteiger partial charge is 0.573 e. The van der Waals surface area contributed by atoms with Gasteiger partial charge in [-0.1, -0.05) is 12.1 Å². The Morgan fingerprint density at radius 2 is 1.52 bits per heavy atom. The summed E-state index contributed by atoms with van der Waals surface area (Å²) in [6.45, 7) is 3.07. The van der Waals surface area contributed by atoms with Gasteiger partial charge in [0.2, 0.25) is 5.75 Å². The molecule has 0 unspecified atom stereocenters. The van der Waals surface area contributed by atoms with Crippen LogP contribution in [0.25, 0.3) is 0 Å². The maximum Gasteiger partial charge on any atom is 0.573 e. The Labute approximate surface area is 166 Å². The Morgan fingerprint density at radius 3 is 2.00 bits per heavy atom. The molecule has 1 atom stereocenters. The van der Waals surface area contributed by atoms with Crippen molar-refractivity contribution in [3.8, 4) is 23.0 Å². The van der Waals surface area contributed by atoms with Crippen LogP contribution >= 0.6 is 0 Å². The molecule has 6 nitrogen and oxygen atoms in total. The van der Waals surface area contributed by atoms with Gasteiger partial charge in [0, 0.05) is 26.2 Å². The summed E-state index contributed by atoms with van der Waals surface area (Å²) in [5.41, 5.74) is 1.58.